The summed E-state index contributed by atoms with van der Waals surface area (Å²) >= 11 is 0. The number of nitrogens with one attached hydrogen (secondary N) is 1. The van der Waals surface area contributed by atoms with Crippen LogP contribution in [0.5, 0.6) is 5.75 Å². The number of carbonyl (C=O) groups is 4. The first-order chi connectivity index (χ1) is 26.4. The Balaban J connectivity index is 1.02. The van der Waals surface area contributed by atoms with Gasteiger partial charge in [-0.15, -0.1) is 0 Å². The molecule has 4 heterocycles. The quantitative estimate of drug-likeness (QED) is 0.314. The highest BCUT2D eigenvalue weighted by molar-refractivity contribution is 5.91. The highest BCUT2D eigenvalue weighted by Gasteiger charge is 2.37. The molecule has 2 N–H and O–H groups in total. The van der Waals surface area contributed by atoms with Crippen LogP contribution in [0, 0.1) is 25.7 Å². The summed E-state index contributed by atoms with van der Waals surface area (Å²) in [5, 5.41) is 13.4. The number of piperidine rings is 3. The van der Waals surface area contributed by atoms with Gasteiger partial charge in [0, 0.05) is 57.4 Å². The van der Waals surface area contributed by atoms with E-state index in [1.54, 1.807) is 4.90 Å². The Labute approximate surface area is 325 Å². The van der Waals surface area contributed by atoms with Gasteiger partial charge in [0.2, 0.25) is 0 Å². The van der Waals surface area contributed by atoms with Gasteiger partial charge in [0.1, 0.15) is 12.4 Å². The molecule has 3 fully saturated rings. The second-order valence-corrected chi connectivity index (χ2v) is 16.2. The van der Waals surface area contributed by atoms with Gasteiger partial charge in [-0.05, 0) is 126 Å². The lowest BCUT2D eigenvalue weighted by Gasteiger charge is -2.41. The summed E-state index contributed by atoms with van der Waals surface area (Å²) < 4.78 is 11.5. The molecule has 0 bridgehead atoms. The Morgan fingerprint density at radius 3 is 2.15 bits per heavy atom. The van der Waals surface area contributed by atoms with Gasteiger partial charge in [0.25, 0.3) is 5.91 Å². The second-order valence-electron chi connectivity index (χ2n) is 16.2. The maximum atomic E-state index is 14.2. The molecule has 55 heavy (non-hydrogen) atoms. The van der Waals surface area contributed by atoms with E-state index in [4.69, 9.17) is 9.47 Å². The fourth-order valence-electron chi connectivity index (χ4n) is 8.80. The van der Waals surface area contributed by atoms with E-state index in [-0.39, 0.29) is 36.1 Å². The molecule has 0 aromatic heterocycles. The Morgan fingerprint density at radius 1 is 0.873 bits per heavy atom. The number of aromatic hydroxyl groups is 1. The Hall–Kier alpha value is -4.36. The minimum absolute atomic E-state index is 0.00171. The van der Waals surface area contributed by atoms with Gasteiger partial charge >= 0.3 is 18.1 Å². The first-order valence-electron chi connectivity index (χ1n) is 20.2. The summed E-state index contributed by atoms with van der Waals surface area (Å²) in [4.78, 5) is 62.9. The lowest BCUT2D eigenvalue weighted by molar-refractivity contribution is -0.145. The lowest BCUT2D eigenvalue weighted by Crippen LogP contribution is -2.52. The van der Waals surface area contributed by atoms with Crippen molar-refractivity contribution in [2.75, 3.05) is 84.9 Å². The van der Waals surface area contributed by atoms with E-state index in [0.29, 0.717) is 88.2 Å². The van der Waals surface area contributed by atoms with Crippen molar-refractivity contribution in [2.45, 2.75) is 77.4 Å². The second kappa shape index (κ2) is 18.5. The SMILES string of the molecule is Cc1cc(C[C@@H](OC(=O)N2CCC(N3CCc4ccccc4NC3=O)CC2)C(=O)N2CCC(C3CCN(CC(=O)OCCN(C)C)CC3)CC2)cc(C)c1O. The van der Waals surface area contributed by atoms with E-state index < -0.39 is 12.2 Å². The zero-order valence-corrected chi connectivity index (χ0v) is 33.1. The number of anilines is 1. The fraction of sp³-hybridized carbons (Fsp3) is 0.619. The number of esters is 1. The van der Waals surface area contributed by atoms with Crippen LogP contribution in [0.25, 0.3) is 0 Å². The number of urea groups is 1. The molecular formula is C42H60N6O7. The average molecular weight is 761 g/mol. The highest BCUT2D eigenvalue weighted by atomic mass is 16.6. The number of fused-ring (bicyclic) bond motifs is 1. The Morgan fingerprint density at radius 2 is 1.49 bits per heavy atom. The van der Waals surface area contributed by atoms with Crippen LogP contribution >= 0.6 is 0 Å². The maximum Gasteiger partial charge on any atom is 0.410 e. The summed E-state index contributed by atoms with van der Waals surface area (Å²) in [6.07, 6.45) is 4.56. The van der Waals surface area contributed by atoms with Gasteiger partial charge in [0.05, 0.1) is 6.54 Å². The van der Waals surface area contributed by atoms with E-state index in [1.165, 1.54) is 0 Å². The van der Waals surface area contributed by atoms with Gasteiger partial charge in [-0.1, -0.05) is 30.3 Å². The molecule has 6 rings (SSSR count). The van der Waals surface area contributed by atoms with Crippen molar-refractivity contribution < 1.29 is 33.8 Å². The topological polar surface area (TPSA) is 135 Å². The van der Waals surface area contributed by atoms with Gasteiger partial charge in [-0.2, -0.15) is 0 Å². The molecule has 2 aromatic rings. The van der Waals surface area contributed by atoms with Crippen molar-refractivity contribution in [1.82, 2.24) is 24.5 Å². The zero-order chi connectivity index (χ0) is 39.1. The monoisotopic (exact) mass is 760 g/mol. The largest absolute Gasteiger partial charge is 0.507 e. The van der Waals surface area contributed by atoms with Crippen molar-refractivity contribution in [1.29, 1.82) is 0 Å². The summed E-state index contributed by atoms with van der Waals surface area (Å²) in [5.41, 5.74) is 4.22. The van der Waals surface area contributed by atoms with Crippen LogP contribution in [0.3, 0.4) is 0 Å². The number of phenolic OH excluding ortho intramolecular Hbond substituents is 1. The van der Waals surface area contributed by atoms with Crippen LogP contribution in [0.2, 0.25) is 0 Å². The van der Waals surface area contributed by atoms with Crippen molar-refractivity contribution in [3.05, 3.63) is 58.7 Å². The molecule has 3 saturated heterocycles. The molecule has 0 radical (unpaired) electrons. The smallest absolute Gasteiger partial charge is 0.410 e. The van der Waals surface area contributed by atoms with Crippen LogP contribution in [-0.2, 0) is 31.9 Å². The molecule has 4 aliphatic rings. The molecule has 4 aliphatic heterocycles. The molecule has 0 aliphatic carbocycles. The van der Waals surface area contributed by atoms with Crippen LogP contribution in [0.15, 0.2) is 36.4 Å². The molecule has 0 spiro atoms. The predicted octanol–water partition coefficient (Wildman–Crippen LogP) is 4.67. The molecule has 0 unspecified atom stereocenters. The molecule has 1 atom stereocenters. The number of benzene rings is 2. The number of amides is 4. The van der Waals surface area contributed by atoms with Crippen LogP contribution in [0.1, 0.15) is 60.8 Å². The number of nitrogens with zero attached hydrogens (tertiary/aromatic N) is 5. The maximum absolute atomic E-state index is 14.2. The number of likely N-dealkylation sites (N-methyl/N-ethyl adjacent to an activating group) is 1. The van der Waals surface area contributed by atoms with Gasteiger partial charge in [0.15, 0.2) is 6.10 Å². The molecular weight excluding hydrogens is 700 g/mol. The number of carbonyl (C=O) groups excluding carboxylic acids is 4. The summed E-state index contributed by atoms with van der Waals surface area (Å²) in [5.74, 6) is 0.921. The third-order valence-corrected chi connectivity index (χ3v) is 12.1. The minimum atomic E-state index is -0.999. The number of hydrogen-bond acceptors (Lipinski definition) is 9. The van der Waals surface area contributed by atoms with Crippen LogP contribution in [0.4, 0.5) is 15.3 Å². The van der Waals surface area contributed by atoms with E-state index in [2.05, 4.69) is 10.2 Å². The number of rotatable bonds is 11. The number of phenols is 1. The molecule has 300 valence electrons. The summed E-state index contributed by atoms with van der Waals surface area (Å²) in [6.45, 7) is 9.53. The van der Waals surface area contributed by atoms with E-state index in [9.17, 15) is 24.3 Å². The number of likely N-dealkylation sites (tertiary alicyclic amines) is 3. The summed E-state index contributed by atoms with van der Waals surface area (Å²) in [7, 11) is 3.91. The average Bonchev–Trinajstić information content (AvgIpc) is 3.34. The Bertz CT molecular complexity index is 1640. The number of aryl methyl sites for hydroxylation is 2. The normalized spacial score (nSPS) is 19.8. The third kappa shape index (κ3) is 10.5. The number of ether oxygens (including phenoxy) is 2. The van der Waals surface area contributed by atoms with Crippen molar-refractivity contribution in [2.24, 2.45) is 11.8 Å². The minimum Gasteiger partial charge on any atom is -0.507 e. The molecule has 13 nitrogen and oxygen atoms in total. The number of hydrogen-bond donors (Lipinski definition) is 2. The Kier molecular flexibility index (Phi) is 13.6. The zero-order valence-electron chi connectivity index (χ0n) is 33.1. The van der Waals surface area contributed by atoms with E-state index in [0.717, 1.165) is 62.0 Å². The predicted molar refractivity (Wildman–Crippen MR) is 210 cm³/mol. The molecule has 4 amide bonds. The van der Waals surface area contributed by atoms with Crippen molar-refractivity contribution in [3.8, 4) is 5.75 Å². The first-order valence-corrected chi connectivity index (χ1v) is 20.2. The standard InChI is InChI=1S/C42H60N6O7/c1-29-25-31(26-30(2)39(29)50)27-37(55-42(53)47-20-14-35(15-21-47)48-22-13-34-7-5-6-8-36(34)43-41(48)52)40(51)46-18-11-33(12-19-46)32-9-16-45(17-10-32)28-38(49)54-24-23-44(3)4/h5-8,25-26,32-33,35,37,50H,9-24,27-28H2,1-4H3,(H,43,52)/t37-/m1/s1. The fourth-order valence-corrected chi connectivity index (χ4v) is 8.80. The molecule has 13 heteroatoms. The van der Waals surface area contributed by atoms with Gasteiger partial charge in [-0.3, -0.25) is 14.5 Å². The number of para-hydroxylation sites is 1. The van der Waals surface area contributed by atoms with E-state index >= 15 is 0 Å². The van der Waals surface area contributed by atoms with Crippen molar-refractivity contribution in [3.63, 3.8) is 0 Å². The molecule has 0 saturated carbocycles. The van der Waals surface area contributed by atoms with Crippen LogP contribution < -0.4 is 5.32 Å². The third-order valence-electron chi connectivity index (χ3n) is 12.1. The molecule has 2 aromatic carbocycles. The highest BCUT2D eigenvalue weighted by Crippen LogP contribution is 2.33. The summed E-state index contributed by atoms with van der Waals surface area (Å²) in [6, 6.07) is 11.5. The van der Waals surface area contributed by atoms with Crippen molar-refractivity contribution >= 4 is 29.7 Å². The first kappa shape index (κ1) is 40.3. The van der Waals surface area contributed by atoms with Gasteiger partial charge < -0.3 is 39.5 Å². The van der Waals surface area contributed by atoms with Crippen LogP contribution in [-0.4, -0.2) is 145 Å². The van der Waals surface area contributed by atoms with Gasteiger partial charge in [-0.25, -0.2) is 9.59 Å². The lowest BCUT2D eigenvalue weighted by atomic mass is 9.78. The van der Waals surface area contributed by atoms with E-state index in [1.807, 2.05) is 79.0 Å².